The third-order valence-corrected chi connectivity index (χ3v) is 8.40. The predicted molar refractivity (Wildman–Crippen MR) is 116 cm³/mol. The molecule has 1 N–H and O–H groups in total. The van der Waals surface area contributed by atoms with Gasteiger partial charge >= 0.3 is 0 Å². The van der Waals surface area contributed by atoms with Crippen molar-refractivity contribution in [3.05, 3.63) is 41.2 Å². The van der Waals surface area contributed by atoms with E-state index in [9.17, 15) is 13.2 Å². The first-order valence-electron chi connectivity index (χ1n) is 10.0. The van der Waals surface area contributed by atoms with Crippen molar-refractivity contribution in [2.24, 2.45) is 5.92 Å². The summed E-state index contributed by atoms with van der Waals surface area (Å²) in [4.78, 5) is 21.1. The third kappa shape index (κ3) is 4.68. The highest BCUT2D eigenvalue weighted by molar-refractivity contribution is 7.91. The lowest BCUT2D eigenvalue weighted by molar-refractivity contribution is -0.120. The number of pyridine rings is 1. The van der Waals surface area contributed by atoms with E-state index >= 15 is 0 Å². The number of carbonyl (C=O) groups excluding carboxylic acids is 1. The molecule has 1 atom stereocenters. The van der Waals surface area contributed by atoms with Crippen molar-refractivity contribution in [2.45, 2.75) is 37.3 Å². The number of rotatable bonds is 6. The first-order chi connectivity index (χ1) is 14.9. The maximum atomic E-state index is 13.2. The molecule has 0 saturated carbocycles. The van der Waals surface area contributed by atoms with Crippen molar-refractivity contribution in [3.63, 3.8) is 0 Å². The van der Waals surface area contributed by atoms with E-state index < -0.39 is 15.9 Å². The molecule has 164 valence electrons. The van der Waals surface area contributed by atoms with Crippen LogP contribution in [0.2, 0.25) is 0 Å². The summed E-state index contributed by atoms with van der Waals surface area (Å²) in [5.41, 5.74) is 1.60. The van der Waals surface area contributed by atoms with E-state index in [1.54, 1.807) is 23.7 Å². The zero-order valence-electron chi connectivity index (χ0n) is 17.2. The van der Waals surface area contributed by atoms with Gasteiger partial charge in [-0.05, 0) is 37.5 Å². The van der Waals surface area contributed by atoms with Gasteiger partial charge in [0.2, 0.25) is 17.6 Å². The van der Waals surface area contributed by atoms with Crippen LogP contribution >= 0.6 is 11.3 Å². The monoisotopic (exact) mass is 461 g/mol. The Morgan fingerprint density at radius 1 is 1.39 bits per heavy atom. The number of amides is 1. The normalized spacial score (nSPS) is 17.5. The van der Waals surface area contributed by atoms with Gasteiger partial charge in [-0.2, -0.15) is 9.29 Å². The van der Waals surface area contributed by atoms with Crippen molar-refractivity contribution in [1.29, 1.82) is 0 Å². The van der Waals surface area contributed by atoms with Gasteiger partial charge in [0.15, 0.2) is 0 Å². The summed E-state index contributed by atoms with van der Waals surface area (Å²) >= 11 is 1.11. The minimum Gasteiger partial charge on any atom is -0.339 e. The highest BCUT2D eigenvalue weighted by Gasteiger charge is 2.34. The van der Waals surface area contributed by atoms with Crippen molar-refractivity contribution in [2.75, 3.05) is 18.4 Å². The van der Waals surface area contributed by atoms with Crippen LogP contribution in [0.15, 0.2) is 38.5 Å². The number of hydrogen-bond acceptors (Lipinski definition) is 8. The molecule has 3 aromatic heterocycles. The molecule has 0 aromatic carbocycles. The number of piperidine rings is 1. The molecule has 0 spiro atoms. The molecule has 1 fully saturated rings. The second kappa shape index (κ2) is 8.85. The highest BCUT2D eigenvalue weighted by atomic mass is 32.2. The van der Waals surface area contributed by atoms with E-state index in [2.05, 4.69) is 20.4 Å². The fourth-order valence-corrected chi connectivity index (χ4v) is 6.19. The highest BCUT2D eigenvalue weighted by Crippen LogP contribution is 2.31. The molecule has 1 saturated heterocycles. The topological polar surface area (TPSA) is 118 Å². The summed E-state index contributed by atoms with van der Waals surface area (Å²) in [6, 6.07) is 5.16. The van der Waals surface area contributed by atoms with Crippen molar-refractivity contribution >= 4 is 33.1 Å². The Bertz CT molecular complexity index is 1170. The van der Waals surface area contributed by atoms with Gasteiger partial charge in [-0.15, -0.1) is 11.3 Å². The summed E-state index contributed by atoms with van der Waals surface area (Å²) in [5.74, 6) is 0.678. The molecule has 3 aromatic rings. The van der Waals surface area contributed by atoms with Crippen LogP contribution in [0.5, 0.6) is 0 Å². The zero-order chi connectivity index (χ0) is 22.0. The molecule has 1 amide bonds. The van der Waals surface area contributed by atoms with Crippen LogP contribution < -0.4 is 5.32 Å². The molecule has 11 heteroatoms. The quantitative estimate of drug-likeness (QED) is 0.599. The van der Waals surface area contributed by atoms with Crippen LogP contribution in [0, 0.1) is 12.8 Å². The summed E-state index contributed by atoms with van der Waals surface area (Å²) in [6.07, 6.45) is 3.52. The van der Waals surface area contributed by atoms with Crippen LogP contribution in [-0.4, -0.2) is 46.8 Å². The summed E-state index contributed by atoms with van der Waals surface area (Å²) in [5, 5.41) is 8.39. The maximum Gasteiger partial charge on any atom is 0.252 e. The van der Waals surface area contributed by atoms with E-state index in [1.807, 2.05) is 19.9 Å². The van der Waals surface area contributed by atoms with Gasteiger partial charge < -0.3 is 9.84 Å². The Balaban J connectivity index is 1.47. The minimum absolute atomic E-state index is 0.134. The van der Waals surface area contributed by atoms with Crippen LogP contribution in [0.1, 0.15) is 31.2 Å². The lowest BCUT2D eigenvalue weighted by atomic mass is 9.99. The summed E-state index contributed by atoms with van der Waals surface area (Å²) < 4.78 is 33.1. The fourth-order valence-electron chi connectivity index (χ4n) is 3.36. The van der Waals surface area contributed by atoms with E-state index in [0.717, 1.165) is 16.9 Å². The number of aryl methyl sites for hydroxylation is 2. The van der Waals surface area contributed by atoms with Crippen LogP contribution in [-0.2, 0) is 21.2 Å². The van der Waals surface area contributed by atoms with Crippen LogP contribution in [0.25, 0.3) is 11.4 Å². The molecule has 1 aliphatic rings. The minimum atomic E-state index is -3.72. The number of nitrogens with one attached hydrogen (secondary N) is 1. The third-order valence-electron chi connectivity index (χ3n) is 5.12. The average Bonchev–Trinajstić information content (AvgIpc) is 3.45. The van der Waals surface area contributed by atoms with Gasteiger partial charge in [0.05, 0.1) is 5.92 Å². The van der Waals surface area contributed by atoms with Gasteiger partial charge in [-0.3, -0.25) is 4.79 Å². The number of aromatic nitrogens is 3. The summed E-state index contributed by atoms with van der Waals surface area (Å²) in [6.45, 7) is 4.33. The predicted octanol–water partition coefficient (Wildman–Crippen LogP) is 3.10. The molecule has 4 rings (SSSR count). The Hall–Kier alpha value is -2.63. The average molecular weight is 462 g/mol. The Labute approximate surface area is 184 Å². The van der Waals surface area contributed by atoms with Gasteiger partial charge in [-0.25, -0.2) is 13.4 Å². The van der Waals surface area contributed by atoms with E-state index in [0.29, 0.717) is 48.9 Å². The van der Waals surface area contributed by atoms with Crippen molar-refractivity contribution in [3.8, 4) is 11.4 Å². The summed E-state index contributed by atoms with van der Waals surface area (Å²) in [7, 11) is -3.72. The Morgan fingerprint density at radius 3 is 2.94 bits per heavy atom. The number of hydrogen-bond donors (Lipinski definition) is 1. The van der Waals surface area contributed by atoms with Crippen molar-refractivity contribution in [1.82, 2.24) is 19.4 Å². The van der Waals surface area contributed by atoms with Gasteiger partial charge in [0.25, 0.3) is 10.0 Å². The molecule has 9 nitrogen and oxygen atoms in total. The lowest BCUT2D eigenvalue weighted by Gasteiger charge is -2.30. The SMILES string of the molecule is CCc1nc(-c2csc(S(=O)(=O)N3CCC[C@@H](C(=O)Nc4ccc(C)cn4)C3)c2)no1. The van der Waals surface area contributed by atoms with Crippen LogP contribution in [0.3, 0.4) is 0 Å². The standard InChI is InChI=1S/C20H23N5O4S2/c1-3-17-23-19(24-29-17)15-9-18(30-12-15)31(27,28)25-8-4-5-14(11-25)20(26)22-16-7-6-13(2)10-21-16/h6-7,9-10,12,14H,3-5,8,11H2,1-2H3,(H,21,22,26)/t14-/m1/s1. The molecular formula is C20H23N5O4S2. The number of nitrogens with zero attached hydrogens (tertiary/aromatic N) is 4. The lowest BCUT2D eigenvalue weighted by Crippen LogP contribution is -2.43. The van der Waals surface area contributed by atoms with Crippen LogP contribution in [0.4, 0.5) is 5.82 Å². The second-order valence-electron chi connectivity index (χ2n) is 7.43. The fraction of sp³-hybridized carbons (Fsp3) is 0.400. The molecule has 31 heavy (non-hydrogen) atoms. The van der Waals surface area contributed by atoms with E-state index in [4.69, 9.17) is 4.52 Å². The molecule has 0 unspecified atom stereocenters. The van der Waals surface area contributed by atoms with Gasteiger partial charge in [0.1, 0.15) is 10.0 Å². The zero-order valence-corrected chi connectivity index (χ0v) is 18.9. The number of sulfonamides is 1. The molecule has 0 radical (unpaired) electrons. The Kier molecular flexibility index (Phi) is 6.17. The van der Waals surface area contributed by atoms with E-state index in [-0.39, 0.29) is 16.7 Å². The largest absolute Gasteiger partial charge is 0.339 e. The molecule has 0 bridgehead atoms. The molecule has 1 aliphatic heterocycles. The number of carbonyl (C=O) groups is 1. The number of thiophene rings is 1. The second-order valence-corrected chi connectivity index (χ2v) is 10.5. The first kappa shape index (κ1) is 21.6. The smallest absolute Gasteiger partial charge is 0.252 e. The van der Waals surface area contributed by atoms with Gasteiger partial charge in [0, 0.05) is 36.7 Å². The van der Waals surface area contributed by atoms with Gasteiger partial charge in [-0.1, -0.05) is 18.1 Å². The maximum absolute atomic E-state index is 13.2. The van der Waals surface area contributed by atoms with Crippen molar-refractivity contribution < 1.29 is 17.7 Å². The molecule has 0 aliphatic carbocycles. The molecule has 4 heterocycles. The first-order valence-corrected chi connectivity index (χ1v) is 12.3. The molecular weight excluding hydrogens is 438 g/mol. The van der Waals surface area contributed by atoms with E-state index in [1.165, 1.54) is 4.31 Å². The Morgan fingerprint density at radius 2 is 2.23 bits per heavy atom. The number of anilines is 1.